The molecule has 1 rings (SSSR count). The summed E-state index contributed by atoms with van der Waals surface area (Å²) in [5.74, 6) is 1.85. The second-order valence-corrected chi connectivity index (χ2v) is 7.01. The molecule has 1 fully saturated rings. The number of hydrogen-bond donors (Lipinski definition) is 2. The van der Waals surface area contributed by atoms with Gasteiger partial charge in [0.2, 0.25) is 0 Å². The summed E-state index contributed by atoms with van der Waals surface area (Å²) in [6.45, 7) is 16.5. The van der Waals surface area contributed by atoms with Crippen molar-refractivity contribution in [2.75, 3.05) is 32.7 Å². The van der Waals surface area contributed by atoms with E-state index >= 15 is 0 Å². The zero-order valence-electron chi connectivity index (χ0n) is 14.1. The summed E-state index contributed by atoms with van der Waals surface area (Å²) in [5, 5.41) is 6.74. The van der Waals surface area contributed by atoms with E-state index in [0.717, 1.165) is 31.4 Å². The van der Waals surface area contributed by atoms with Crippen LogP contribution < -0.4 is 10.6 Å². The number of nitrogens with one attached hydrogen (secondary N) is 2. The van der Waals surface area contributed by atoms with E-state index in [9.17, 15) is 0 Å². The molecule has 0 unspecified atom stereocenters. The maximum atomic E-state index is 4.67. The molecule has 1 heterocycles. The van der Waals surface area contributed by atoms with Crippen molar-refractivity contribution in [1.82, 2.24) is 15.5 Å². The summed E-state index contributed by atoms with van der Waals surface area (Å²) in [6.07, 6.45) is 3.87. The number of hydrogen-bond acceptors (Lipinski definition) is 2. The van der Waals surface area contributed by atoms with Crippen molar-refractivity contribution in [3.05, 3.63) is 0 Å². The minimum Gasteiger partial charge on any atom is -0.357 e. The molecule has 0 radical (unpaired) electrons. The maximum absolute atomic E-state index is 4.67. The largest absolute Gasteiger partial charge is 0.357 e. The van der Waals surface area contributed by atoms with Crippen LogP contribution in [0.1, 0.15) is 53.9 Å². The van der Waals surface area contributed by atoms with Gasteiger partial charge in [-0.1, -0.05) is 6.92 Å². The van der Waals surface area contributed by atoms with E-state index in [1.54, 1.807) is 0 Å². The summed E-state index contributed by atoms with van der Waals surface area (Å²) in [7, 11) is 0. The van der Waals surface area contributed by atoms with Crippen molar-refractivity contribution >= 4 is 5.96 Å². The molecule has 0 aliphatic carbocycles. The van der Waals surface area contributed by atoms with Gasteiger partial charge in [-0.3, -0.25) is 4.99 Å². The predicted octanol–water partition coefficient (Wildman–Crippen LogP) is 2.46. The standard InChI is InChI=1S/C16H34N4/c1-6-17-15(19-16(3,4)5)18-10-7-11-20-12-8-14(2)9-13-20/h14H,6-13H2,1-5H3,(H2,17,18,19). The minimum atomic E-state index is 0.0595. The van der Waals surface area contributed by atoms with Gasteiger partial charge in [-0.25, -0.2) is 0 Å². The smallest absolute Gasteiger partial charge is 0.191 e. The second kappa shape index (κ2) is 8.50. The fraction of sp³-hybridized carbons (Fsp3) is 0.938. The van der Waals surface area contributed by atoms with Gasteiger partial charge >= 0.3 is 0 Å². The van der Waals surface area contributed by atoms with Crippen LogP contribution in [0.5, 0.6) is 0 Å². The molecule has 0 atom stereocenters. The summed E-state index contributed by atoms with van der Waals surface area (Å²) >= 11 is 0. The third kappa shape index (κ3) is 7.73. The first-order chi connectivity index (χ1) is 9.40. The number of rotatable bonds is 5. The fourth-order valence-corrected chi connectivity index (χ4v) is 2.43. The van der Waals surface area contributed by atoms with Gasteiger partial charge in [0.1, 0.15) is 0 Å². The van der Waals surface area contributed by atoms with E-state index in [1.165, 1.54) is 32.5 Å². The molecule has 0 spiro atoms. The maximum Gasteiger partial charge on any atom is 0.191 e. The quantitative estimate of drug-likeness (QED) is 0.462. The lowest BCUT2D eigenvalue weighted by atomic mass is 9.99. The van der Waals surface area contributed by atoms with Crippen LogP contribution in [0.2, 0.25) is 0 Å². The highest BCUT2D eigenvalue weighted by Crippen LogP contribution is 2.15. The summed E-state index contributed by atoms with van der Waals surface area (Å²) in [6, 6.07) is 0. The van der Waals surface area contributed by atoms with E-state index in [-0.39, 0.29) is 5.54 Å². The van der Waals surface area contributed by atoms with Crippen LogP contribution in [0.15, 0.2) is 4.99 Å². The number of likely N-dealkylation sites (tertiary alicyclic amines) is 1. The molecule has 1 aliphatic rings. The van der Waals surface area contributed by atoms with Gasteiger partial charge in [0.15, 0.2) is 5.96 Å². The molecule has 0 aromatic rings. The van der Waals surface area contributed by atoms with Gasteiger partial charge < -0.3 is 15.5 Å². The Bertz CT molecular complexity index is 285. The molecule has 2 N–H and O–H groups in total. The lowest BCUT2D eigenvalue weighted by molar-refractivity contribution is 0.191. The fourth-order valence-electron chi connectivity index (χ4n) is 2.43. The Morgan fingerprint density at radius 1 is 1.25 bits per heavy atom. The molecule has 4 heteroatoms. The zero-order valence-corrected chi connectivity index (χ0v) is 14.1. The first-order valence-electron chi connectivity index (χ1n) is 8.19. The van der Waals surface area contributed by atoms with Gasteiger partial charge in [-0.05, 0) is 72.5 Å². The molecule has 1 aliphatic heterocycles. The van der Waals surface area contributed by atoms with Crippen LogP contribution in [-0.4, -0.2) is 49.1 Å². The first-order valence-corrected chi connectivity index (χ1v) is 8.19. The third-order valence-corrected chi connectivity index (χ3v) is 3.62. The van der Waals surface area contributed by atoms with Crippen LogP contribution in [0.3, 0.4) is 0 Å². The van der Waals surface area contributed by atoms with Gasteiger partial charge in [0.05, 0.1) is 0 Å². The monoisotopic (exact) mass is 282 g/mol. The van der Waals surface area contributed by atoms with E-state index in [0.29, 0.717) is 0 Å². The van der Waals surface area contributed by atoms with E-state index in [4.69, 9.17) is 0 Å². The van der Waals surface area contributed by atoms with Crippen LogP contribution in [0.25, 0.3) is 0 Å². The Labute approximate surface area is 125 Å². The second-order valence-electron chi connectivity index (χ2n) is 7.01. The van der Waals surface area contributed by atoms with Crippen molar-refractivity contribution in [3.63, 3.8) is 0 Å². The Hall–Kier alpha value is -0.770. The summed E-state index contributed by atoms with van der Waals surface area (Å²) in [5.41, 5.74) is 0.0595. The van der Waals surface area contributed by atoms with Crippen molar-refractivity contribution < 1.29 is 0 Å². The van der Waals surface area contributed by atoms with Gasteiger partial charge in [0.25, 0.3) is 0 Å². The highest BCUT2D eigenvalue weighted by molar-refractivity contribution is 5.80. The summed E-state index contributed by atoms with van der Waals surface area (Å²) in [4.78, 5) is 7.25. The topological polar surface area (TPSA) is 39.7 Å². The first kappa shape index (κ1) is 17.3. The molecular formula is C16H34N4. The molecule has 0 amide bonds. The Kier molecular flexibility index (Phi) is 7.35. The molecule has 0 bridgehead atoms. The van der Waals surface area contributed by atoms with Gasteiger partial charge in [-0.2, -0.15) is 0 Å². The SMILES string of the molecule is CCNC(=NCCCN1CCC(C)CC1)NC(C)(C)C. The Balaban J connectivity index is 2.26. The lowest BCUT2D eigenvalue weighted by Gasteiger charge is -2.30. The third-order valence-electron chi connectivity index (χ3n) is 3.62. The number of guanidine groups is 1. The van der Waals surface area contributed by atoms with Gasteiger partial charge in [-0.15, -0.1) is 0 Å². The average molecular weight is 282 g/mol. The van der Waals surface area contributed by atoms with Crippen molar-refractivity contribution in [2.45, 2.75) is 59.4 Å². The highest BCUT2D eigenvalue weighted by Gasteiger charge is 2.15. The molecule has 20 heavy (non-hydrogen) atoms. The Morgan fingerprint density at radius 2 is 1.90 bits per heavy atom. The molecule has 0 aromatic heterocycles. The van der Waals surface area contributed by atoms with Crippen LogP contribution in [0, 0.1) is 5.92 Å². The number of aliphatic imine (C=N–C) groups is 1. The number of piperidine rings is 1. The van der Waals surface area contributed by atoms with E-state index < -0.39 is 0 Å². The van der Waals surface area contributed by atoms with Crippen LogP contribution >= 0.6 is 0 Å². The van der Waals surface area contributed by atoms with Crippen molar-refractivity contribution in [2.24, 2.45) is 10.9 Å². The average Bonchev–Trinajstić information content (AvgIpc) is 2.35. The molecular weight excluding hydrogens is 248 g/mol. The molecule has 1 saturated heterocycles. The van der Waals surface area contributed by atoms with Crippen molar-refractivity contribution in [3.8, 4) is 0 Å². The minimum absolute atomic E-state index is 0.0595. The predicted molar refractivity (Wildman–Crippen MR) is 88.3 cm³/mol. The molecule has 4 nitrogen and oxygen atoms in total. The lowest BCUT2D eigenvalue weighted by Crippen LogP contribution is -2.47. The van der Waals surface area contributed by atoms with Crippen molar-refractivity contribution in [1.29, 1.82) is 0 Å². The molecule has 0 saturated carbocycles. The Morgan fingerprint density at radius 3 is 2.45 bits per heavy atom. The van der Waals surface area contributed by atoms with E-state index in [1.807, 2.05) is 0 Å². The summed E-state index contributed by atoms with van der Waals surface area (Å²) < 4.78 is 0. The normalized spacial score (nSPS) is 19.1. The van der Waals surface area contributed by atoms with Crippen LogP contribution in [0.4, 0.5) is 0 Å². The number of nitrogens with zero attached hydrogens (tertiary/aromatic N) is 2. The van der Waals surface area contributed by atoms with Crippen LogP contribution in [-0.2, 0) is 0 Å². The van der Waals surface area contributed by atoms with Gasteiger partial charge in [0, 0.05) is 18.6 Å². The molecule has 118 valence electrons. The highest BCUT2D eigenvalue weighted by atomic mass is 15.2. The zero-order chi connectivity index (χ0) is 15.0. The van der Waals surface area contributed by atoms with E-state index in [2.05, 4.69) is 55.1 Å². The molecule has 0 aromatic carbocycles.